The molecule has 4 saturated heterocycles. The van der Waals surface area contributed by atoms with Crippen LogP contribution < -0.4 is 0 Å². The molecule has 3 aromatic carbocycles. The first-order chi connectivity index (χ1) is 31.8. The highest BCUT2D eigenvalue weighted by Gasteiger charge is 2.52. The normalized spacial score (nSPS) is 33.1. The van der Waals surface area contributed by atoms with Gasteiger partial charge in [0.15, 0.2) is 25.0 Å². The Bertz CT molecular complexity index is 1900. The topological polar surface area (TPSA) is 385 Å². The molecule has 0 aromatic heterocycles. The van der Waals surface area contributed by atoms with E-state index in [0.717, 1.165) is 0 Å². The van der Waals surface area contributed by atoms with E-state index in [2.05, 4.69) is 14.2 Å². The summed E-state index contributed by atoms with van der Waals surface area (Å²) in [6.45, 7) is 0.161. The molecule has 24 nitrogen and oxygen atoms in total. The van der Waals surface area contributed by atoms with E-state index in [9.17, 15) is 19.2 Å². The van der Waals surface area contributed by atoms with Gasteiger partial charge in [0.2, 0.25) is 12.4 Å². The number of hydrogen-bond acceptors (Lipinski definition) is 24. The zero-order valence-corrected chi connectivity index (χ0v) is 35.5. The number of ether oxygens (including phenoxy) is 8. The maximum absolute atomic E-state index is 12.9. The zero-order chi connectivity index (χ0) is 49.4. The van der Waals surface area contributed by atoms with Crippen LogP contribution in [-0.2, 0) is 42.7 Å². The van der Waals surface area contributed by atoms with Gasteiger partial charge in [-0.05, 0) is 36.4 Å². The van der Waals surface area contributed by atoms with Crippen LogP contribution in [0, 0.1) is 0 Å². The molecule has 0 radical (unpaired) electrons. The van der Waals surface area contributed by atoms with Crippen LogP contribution in [0.5, 0.6) is 0 Å². The summed E-state index contributed by atoms with van der Waals surface area (Å²) in [5.41, 5.74) is 0.708. The third-order valence-electron chi connectivity index (χ3n) is 9.92. The van der Waals surface area contributed by atoms with Crippen LogP contribution in [-0.4, -0.2) is 210 Å². The maximum atomic E-state index is 12.9. The molecular weight excluding hydrogens is 900 g/mol. The molecule has 4 heterocycles. The number of aliphatic hydroxyl groups is 12. The lowest BCUT2D eigenvalue weighted by Crippen LogP contribution is -2.52. The van der Waals surface area contributed by atoms with Crippen molar-refractivity contribution in [2.75, 3.05) is 26.4 Å². The molecule has 370 valence electrons. The van der Waals surface area contributed by atoms with Crippen LogP contribution >= 0.6 is 0 Å². The Morgan fingerprint density at radius 2 is 0.881 bits per heavy atom. The van der Waals surface area contributed by atoms with Gasteiger partial charge in [-0.3, -0.25) is 4.79 Å². The molecule has 7 rings (SSSR count). The highest BCUT2D eigenvalue weighted by atomic mass is 16.8. The Morgan fingerprint density at radius 1 is 0.493 bits per heavy atom. The predicted molar refractivity (Wildman–Crippen MR) is 218 cm³/mol. The monoisotopic (exact) mass is 954 g/mol. The van der Waals surface area contributed by atoms with Gasteiger partial charge in [-0.2, -0.15) is 0 Å². The summed E-state index contributed by atoms with van der Waals surface area (Å²) < 4.78 is 41.3. The van der Waals surface area contributed by atoms with E-state index in [-0.39, 0.29) is 36.5 Å². The molecular formula is C43H54O24. The number of aliphatic hydroxyl groups excluding tert-OH is 12. The van der Waals surface area contributed by atoms with E-state index in [1.807, 2.05) is 0 Å². The SMILES string of the molecule is CC(=O)OC[C@@H]1O[C@H](OC(=O)c2ccccc2)[C@@H](OC(=O)c2ccccc2)[C@H]1OC(=O)c1ccccc1.OC[C@@H]1O[C@H](O)[C@@H](O)[C@H]1O.O[C@@H]1[C@@H](O)[C@@H](O)OC[C@@H]1O.O[C@H]1[C@H](O)[C@@H](O)OC[C@@H]1O. The second kappa shape index (κ2) is 26.4. The van der Waals surface area contributed by atoms with E-state index in [0.29, 0.717) is 0 Å². The Kier molecular flexibility index (Phi) is 21.5. The van der Waals surface area contributed by atoms with Gasteiger partial charge in [-0.1, -0.05) is 54.6 Å². The molecule has 12 N–H and O–H groups in total. The average Bonchev–Trinajstić information content (AvgIpc) is 3.78. The Morgan fingerprint density at radius 3 is 1.22 bits per heavy atom. The van der Waals surface area contributed by atoms with E-state index in [1.54, 1.807) is 91.0 Å². The Hall–Kier alpha value is -5.10. The van der Waals surface area contributed by atoms with Gasteiger partial charge in [0.25, 0.3) is 0 Å². The van der Waals surface area contributed by atoms with Crippen molar-refractivity contribution in [1.29, 1.82) is 0 Å². The van der Waals surface area contributed by atoms with Crippen molar-refractivity contribution in [2.45, 2.75) is 105 Å². The standard InChI is InChI=1S/C28H24O9.3C5H10O5/c1-18(29)33-17-22-23(35-25(30)19-11-5-2-6-12-19)24(36-26(31)20-13-7-3-8-14-20)28(34-22)37-27(32)21-15-9-4-10-16-21;2*6-2-1-10-5(9)4(8)3(2)7;6-1-2-3(7)4(8)5(9)10-2/h2-16,22-24,28H,17H2,1H3;3*2-9H,1H2/t22-,23-,24-,28+;2-,3+,4-,5-;2-,3-,4+,5-;2-,3-,4-,5-/m0000/s1. The number of esters is 4. The van der Waals surface area contributed by atoms with Crippen LogP contribution in [0.1, 0.15) is 38.0 Å². The van der Waals surface area contributed by atoms with Crippen molar-refractivity contribution in [1.82, 2.24) is 0 Å². The van der Waals surface area contributed by atoms with Gasteiger partial charge in [-0.25, -0.2) is 14.4 Å². The summed E-state index contributed by atoms with van der Waals surface area (Å²) in [5, 5.41) is 105. The Labute approximate surface area is 381 Å². The molecule has 0 unspecified atom stereocenters. The van der Waals surface area contributed by atoms with Gasteiger partial charge in [0, 0.05) is 6.92 Å². The summed E-state index contributed by atoms with van der Waals surface area (Å²) in [6, 6.07) is 24.5. The van der Waals surface area contributed by atoms with Crippen LogP contribution in [0.3, 0.4) is 0 Å². The van der Waals surface area contributed by atoms with Gasteiger partial charge < -0.3 is 99.2 Å². The lowest BCUT2D eigenvalue weighted by Gasteiger charge is -2.31. The lowest BCUT2D eigenvalue weighted by molar-refractivity contribution is -0.252. The molecule has 4 aliphatic rings. The average molecular weight is 955 g/mol. The van der Waals surface area contributed by atoms with Crippen LogP contribution in [0.4, 0.5) is 0 Å². The molecule has 67 heavy (non-hydrogen) atoms. The molecule has 4 fully saturated rings. The first-order valence-corrected chi connectivity index (χ1v) is 20.4. The predicted octanol–water partition coefficient (Wildman–Crippen LogP) is -4.16. The molecule has 16 atom stereocenters. The molecule has 0 spiro atoms. The smallest absolute Gasteiger partial charge is 0.340 e. The number of hydrogen-bond donors (Lipinski definition) is 12. The first-order valence-electron chi connectivity index (χ1n) is 20.4. The fourth-order valence-corrected chi connectivity index (χ4v) is 6.13. The summed E-state index contributed by atoms with van der Waals surface area (Å²) >= 11 is 0. The van der Waals surface area contributed by atoms with Crippen LogP contribution in [0.15, 0.2) is 91.0 Å². The van der Waals surface area contributed by atoms with Crippen molar-refractivity contribution in [3.05, 3.63) is 108 Å². The summed E-state index contributed by atoms with van der Waals surface area (Å²) in [7, 11) is 0. The number of benzene rings is 3. The van der Waals surface area contributed by atoms with Gasteiger partial charge in [-0.15, -0.1) is 0 Å². The minimum atomic E-state index is -1.45. The minimum absolute atomic E-state index is 0.153. The summed E-state index contributed by atoms with van der Waals surface area (Å²) in [4.78, 5) is 50.1. The number of carbonyl (C=O) groups excluding carboxylic acids is 4. The van der Waals surface area contributed by atoms with Gasteiger partial charge >= 0.3 is 23.9 Å². The molecule has 0 saturated carbocycles. The third kappa shape index (κ3) is 15.7. The highest BCUT2D eigenvalue weighted by Crippen LogP contribution is 2.31. The minimum Gasteiger partial charge on any atom is -0.463 e. The van der Waals surface area contributed by atoms with Crippen molar-refractivity contribution in [3.63, 3.8) is 0 Å². The fourth-order valence-electron chi connectivity index (χ4n) is 6.13. The van der Waals surface area contributed by atoms with E-state index < -0.39 is 129 Å². The second-order valence-corrected chi connectivity index (χ2v) is 14.9. The molecule has 0 bridgehead atoms. The van der Waals surface area contributed by atoms with Crippen molar-refractivity contribution in [3.8, 4) is 0 Å². The quantitative estimate of drug-likeness (QED) is 0.0715. The summed E-state index contributed by atoms with van der Waals surface area (Å²) in [5.74, 6) is -2.81. The maximum Gasteiger partial charge on any atom is 0.340 e. The molecule has 0 amide bonds. The molecule has 0 aliphatic carbocycles. The fraction of sp³-hybridized carbons (Fsp3) is 0.488. The van der Waals surface area contributed by atoms with Crippen molar-refractivity contribution in [2.24, 2.45) is 0 Å². The van der Waals surface area contributed by atoms with Crippen molar-refractivity contribution < 1.29 is 118 Å². The van der Waals surface area contributed by atoms with Crippen LogP contribution in [0.25, 0.3) is 0 Å². The van der Waals surface area contributed by atoms with Gasteiger partial charge in [0.05, 0.1) is 36.5 Å². The summed E-state index contributed by atoms with van der Waals surface area (Å²) in [6.07, 6.45) is -20.4. The zero-order valence-electron chi connectivity index (χ0n) is 35.5. The van der Waals surface area contributed by atoms with Crippen molar-refractivity contribution >= 4 is 23.9 Å². The largest absolute Gasteiger partial charge is 0.463 e. The van der Waals surface area contributed by atoms with E-state index in [1.165, 1.54) is 6.92 Å². The molecule has 3 aromatic rings. The highest BCUT2D eigenvalue weighted by molar-refractivity contribution is 5.91. The first kappa shape index (κ1) is 54.5. The third-order valence-corrected chi connectivity index (χ3v) is 9.92. The van der Waals surface area contributed by atoms with Gasteiger partial charge in [0.1, 0.15) is 67.6 Å². The van der Waals surface area contributed by atoms with E-state index in [4.69, 9.17) is 85.0 Å². The lowest BCUT2D eigenvalue weighted by atomic mass is 10.1. The molecule has 4 aliphatic heterocycles. The van der Waals surface area contributed by atoms with E-state index >= 15 is 0 Å². The Balaban J connectivity index is 0.000000260. The van der Waals surface area contributed by atoms with Crippen LogP contribution in [0.2, 0.25) is 0 Å². The number of carbonyl (C=O) groups is 4. The second-order valence-electron chi connectivity index (χ2n) is 14.9. The number of rotatable bonds is 9. The molecule has 24 heteroatoms.